The van der Waals surface area contributed by atoms with E-state index in [0.717, 1.165) is 6.42 Å². The summed E-state index contributed by atoms with van der Waals surface area (Å²) in [5.41, 5.74) is 11.1. The summed E-state index contributed by atoms with van der Waals surface area (Å²) in [6, 6.07) is 0. The van der Waals surface area contributed by atoms with Crippen molar-refractivity contribution in [2.45, 2.75) is 104 Å². The summed E-state index contributed by atoms with van der Waals surface area (Å²) in [6.45, 7) is 12.2. The maximum atomic E-state index is 10.4. The van der Waals surface area contributed by atoms with Crippen molar-refractivity contribution < 1.29 is 24.6 Å². The van der Waals surface area contributed by atoms with Gasteiger partial charge < -0.3 is 25.8 Å². The van der Waals surface area contributed by atoms with Gasteiger partial charge in [0, 0.05) is 0 Å². The molecule has 1 saturated carbocycles. The number of imidazole rings is 1. The van der Waals surface area contributed by atoms with Crippen LogP contribution in [0.25, 0.3) is 11.2 Å². The fraction of sp³-hybridized carbons (Fsp3) is 0.700. The fourth-order valence-electron chi connectivity index (χ4n) is 7.21. The second-order valence-electron chi connectivity index (χ2n) is 13.0. The Morgan fingerprint density at radius 3 is 2.74 bits per heavy atom. The van der Waals surface area contributed by atoms with Gasteiger partial charge >= 0.3 is 0 Å². The second kappa shape index (κ2) is 10.6. The predicted octanol–water partition coefficient (Wildman–Crippen LogP) is 3.44. The molecular weight excluding hydrogens is 494 g/mol. The summed E-state index contributed by atoms with van der Waals surface area (Å²) in [7, 11) is 0. The summed E-state index contributed by atoms with van der Waals surface area (Å²) in [5.74, 6) is 1.83. The Hall–Kier alpha value is -2.33. The number of ether oxygens (including phenoxy) is 1. The van der Waals surface area contributed by atoms with E-state index in [1.807, 2.05) is 4.57 Å². The third-order valence-electron chi connectivity index (χ3n) is 10.2. The van der Waals surface area contributed by atoms with Crippen LogP contribution in [0.1, 0.15) is 79.4 Å². The molecule has 9 heteroatoms. The summed E-state index contributed by atoms with van der Waals surface area (Å²) in [4.78, 5) is 8.97. The topological polar surface area (TPSA) is 131 Å². The van der Waals surface area contributed by atoms with E-state index < -0.39 is 31.1 Å². The Labute approximate surface area is 231 Å². The van der Waals surface area contributed by atoms with E-state index in [4.69, 9.17) is 10.5 Å². The third-order valence-corrected chi connectivity index (χ3v) is 10.2. The third kappa shape index (κ3) is 4.92. The first kappa shape index (κ1) is 28.2. The number of hydrogen-bond acceptors (Lipinski definition) is 7. The number of nitrogen functional groups attached to an aromatic ring is 1. The number of allylic oxidation sites excluding steroid dienone is 4. The number of fused-ring (bicyclic) bond motifs is 2. The van der Waals surface area contributed by atoms with Gasteiger partial charge in [0.25, 0.3) is 5.82 Å². The van der Waals surface area contributed by atoms with Gasteiger partial charge in [-0.25, -0.2) is 9.55 Å². The number of nitrogens with zero attached hydrogens (tertiary/aromatic N) is 4. The molecule has 1 aliphatic heterocycles. The van der Waals surface area contributed by atoms with Crippen LogP contribution >= 0.6 is 0 Å². The number of anilines is 1. The monoisotopic (exact) mass is 540 g/mol. The summed E-state index contributed by atoms with van der Waals surface area (Å²) in [5, 5.41) is 30.0. The van der Waals surface area contributed by atoms with E-state index in [9.17, 15) is 15.3 Å². The minimum absolute atomic E-state index is 0.311. The number of aromatic nitrogens is 4. The van der Waals surface area contributed by atoms with Crippen LogP contribution in [0.4, 0.5) is 5.82 Å². The smallest absolute Gasteiger partial charge is 0.251 e. The Bertz CT molecular complexity index is 1270. The molecule has 0 spiro atoms. The average molecular weight is 541 g/mol. The second-order valence-corrected chi connectivity index (χ2v) is 13.0. The highest BCUT2D eigenvalue weighted by Gasteiger charge is 2.48. The molecule has 9 nitrogen and oxygen atoms in total. The molecule has 214 valence electrons. The van der Waals surface area contributed by atoms with E-state index in [0.29, 0.717) is 46.2 Å². The molecule has 0 bridgehead atoms. The van der Waals surface area contributed by atoms with E-state index in [2.05, 4.69) is 56.7 Å². The summed E-state index contributed by atoms with van der Waals surface area (Å²) in [6.07, 6.45) is 11.1. The molecule has 2 fully saturated rings. The molecule has 2 aliphatic carbocycles. The van der Waals surface area contributed by atoms with Crippen molar-refractivity contribution in [1.29, 1.82) is 0 Å². The van der Waals surface area contributed by atoms with Crippen molar-refractivity contribution >= 4 is 17.0 Å². The lowest BCUT2D eigenvalue weighted by atomic mass is 9.52. The summed E-state index contributed by atoms with van der Waals surface area (Å²) < 4.78 is 9.07. The Kier molecular flexibility index (Phi) is 7.65. The van der Waals surface area contributed by atoms with Crippen molar-refractivity contribution in [3.63, 3.8) is 0 Å². The van der Waals surface area contributed by atoms with Crippen LogP contribution in [0, 0.1) is 22.7 Å². The maximum Gasteiger partial charge on any atom is 0.251 e. The van der Waals surface area contributed by atoms with Crippen LogP contribution in [0.15, 0.2) is 36.0 Å². The fourth-order valence-corrected chi connectivity index (χ4v) is 7.21. The van der Waals surface area contributed by atoms with Crippen LogP contribution in [0.3, 0.4) is 0 Å². The number of hydrogen-bond donors (Lipinski definition) is 4. The van der Waals surface area contributed by atoms with Crippen LogP contribution in [-0.2, 0) is 11.3 Å². The Balaban J connectivity index is 1.28. The molecular formula is C30H46N5O4+. The highest BCUT2D eigenvalue weighted by molar-refractivity contribution is 5.79. The standard InChI is InChI=1S/C30H45N5O4/c1-18(10-13-30(5)19(2)8-9-20-21(30)7-6-12-29(20,3)4)11-14-34-16-33-27-23(26(34)31)32-17-35(27)28-25(38)24(37)22(15-36)39-28/h9,11,16-17,19,21-22,24-25,28,31,36-38H,6-8,10,12-15H2,1-5H3/p+1/b18-11+/t19-,21?,22+,24?,25-,28+,30+/m0/s1. The van der Waals surface area contributed by atoms with Gasteiger partial charge in [-0.15, -0.1) is 0 Å². The van der Waals surface area contributed by atoms with E-state index in [1.54, 1.807) is 16.5 Å². The number of nitrogens with two attached hydrogens (primary N) is 1. The van der Waals surface area contributed by atoms with Gasteiger partial charge in [0.1, 0.15) is 24.6 Å². The zero-order valence-electron chi connectivity index (χ0n) is 24.0. The summed E-state index contributed by atoms with van der Waals surface area (Å²) >= 11 is 0. The first-order valence-corrected chi connectivity index (χ1v) is 14.5. The van der Waals surface area contributed by atoms with E-state index in [1.165, 1.54) is 44.0 Å². The largest absolute Gasteiger partial charge is 0.394 e. The van der Waals surface area contributed by atoms with Crippen LogP contribution in [-0.4, -0.2) is 54.8 Å². The molecule has 2 aromatic heterocycles. The molecule has 7 atom stereocenters. The van der Waals surface area contributed by atoms with Gasteiger partial charge in [-0.2, -0.15) is 0 Å². The first-order valence-electron chi connectivity index (χ1n) is 14.5. The molecule has 3 heterocycles. The molecule has 0 aromatic carbocycles. The van der Waals surface area contributed by atoms with E-state index >= 15 is 0 Å². The quantitative estimate of drug-likeness (QED) is 0.313. The van der Waals surface area contributed by atoms with Crippen LogP contribution in [0.5, 0.6) is 0 Å². The van der Waals surface area contributed by atoms with Crippen molar-refractivity contribution in [2.24, 2.45) is 22.7 Å². The molecule has 5 rings (SSSR count). The van der Waals surface area contributed by atoms with Crippen LogP contribution < -0.4 is 10.3 Å². The zero-order valence-corrected chi connectivity index (χ0v) is 24.0. The average Bonchev–Trinajstić information content (AvgIpc) is 3.45. The molecule has 1 saturated heterocycles. The highest BCUT2D eigenvalue weighted by Crippen LogP contribution is 2.58. The first-order chi connectivity index (χ1) is 18.5. The minimum Gasteiger partial charge on any atom is -0.394 e. The molecule has 5 N–H and O–H groups in total. The normalized spacial score (nSPS) is 34.8. The predicted molar refractivity (Wildman–Crippen MR) is 149 cm³/mol. The molecule has 39 heavy (non-hydrogen) atoms. The molecule has 2 aromatic rings. The van der Waals surface area contributed by atoms with Gasteiger partial charge in [-0.05, 0) is 61.7 Å². The van der Waals surface area contributed by atoms with Crippen molar-refractivity contribution in [3.8, 4) is 0 Å². The van der Waals surface area contributed by atoms with Gasteiger partial charge in [-0.1, -0.05) is 62.4 Å². The van der Waals surface area contributed by atoms with Crippen LogP contribution in [0.2, 0.25) is 0 Å². The van der Waals surface area contributed by atoms with Crippen molar-refractivity contribution in [2.75, 3.05) is 12.3 Å². The number of rotatable bonds is 7. The maximum absolute atomic E-state index is 10.4. The number of aliphatic hydroxyl groups is 3. The van der Waals surface area contributed by atoms with Gasteiger partial charge in [0.05, 0.1) is 13.2 Å². The SMILES string of the molecule is C/C(=C\C[n+]1cnc2c(ncn2[C@@H]2O[C@H](CO)C(O)[C@@H]2O)c1N)CC[C@@]1(C)C2CCCC(C)(C)C2=CC[C@@H]1C. The van der Waals surface area contributed by atoms with Crippen molar-refractivity contribution in [1.82, 2.24) is 14.5 Å². The highest BCUT2D eigenvalue weighted by atomic mass is 16.6. The zero-order chi connectivity index (χ0) is 28.1. The molecule has 0 radical (unpaired) electrons. The lowest BCUT2D eigenvalue weighted by Gasteiger charge is -2.53. The molecule has 3 aliphatic rings. The molecule has 0 amide bonds. The Morgan fingerprint density at radius 1 is 1.26 bits per heavy atom. The molecule has 2 unspecified atom stereocenters. The van der Waals surface area contributed by atoms with Gasteiger partial charge in [0.2, 0.25) is 12.0 Å². The van der Waals surface area contributed by atoms with Gasteiger partial charge in [-0.3, -0.25) is 4.57 Å². The minimum atomic E-state index is -1.21. The number of aliphatic hydroxyl groups excluding tert-OH is 3. The van der Waals surface area contributed by atoms with Crippen molar-refractivity contribution in [3.05, 3.63) is 36.0 Å². The lowest BCUT2D eigenvalue weighted by Crippen LogP contribution is -2.43. The lowest BCUT2D eigenvalue weighted by molar-refractivity contribution is -0.674. The van der Waals surface area contributed by atoms with E-state index in [-0.39, 0.29) is 0 Å². The Morgan fingerprint density at radius 2 is 2.03 bits per heavy atom. The van der Waals surface area contributed by atoms with Gasteiger partial charge in [0.15, 0.2) is 11.7 Å².